The van der Waals surface area contributed by atoms with E-state index in [-0.39, 0.29) is 18.0 Å². The van der Waals surface area contributed by atoms with Crippen molar-refractivity contribution >= 4 is 11.9 Å². The molecule has 1 saturated carbocycles. The summed E-state index contributed by atoms with van der Waals surface area (Å²) in [5.74, 6) is -0.380. The lowest BCUT2D eigenvalue weighted by Crippen LogP contribution is -2.38. The van der Waals surface area contributed by atoms with Gasteiger partial charge in [-0.25, -0.2) is 4.98 Å². The first kappa shape index (κ1) is 14.7. The Kier molecular flexibility index (Phi) is 3.62. The molecule has 2 aliphatic heterocycles. The van der Waals surface area contributed by atoms with E-state index in [0.717, 1.165) is 25.7 Å². The lowest BCUT2D eigenvalue weighted by Gasteiger charge is -2.22. The van der Waals surface area contributed by atoms with Gasteiger partial charge in [-0.1, -0.05) is 19.3 Å². The van der Waals surface area contributed by atoms with Crippen LogP contribution in [0.3, 0.4) is 0 Å². The van der Waals surface area contributed by atoms with Crippen molar-refractivity contribution in [2.75, 3.05) is 0 Å². The molecule has 124 valence electrons. The van der Waals surface area contributed by atoms with Gasteiger partial charge in [0, 0.05) is 18.0 Å². The summed E-state index contributed by atoms with van der Waals surface area (Å²) in [6.45, 7) is 0. The summed E-state index contributed by atoms with van der Waals surface area (Å²) in [7, 11) is 0. The van der Waals surface area contributed by atoms with E-state index in [0.29, 0.717) is 23.9 Å². The Morgan fingerprint density at radius 3 is 2.65 bits per heavy atom. The molecule has 0 spiro atoms. The Morgan fingerprint density at radius 2 is 1.96 bits per heavy atom. The van der Waals surface area contributed by atoms with Gasteiger partial charge in [0.25, 0.3) is 5.91 Å². The highest BCUT2D eigenvalue weighted by molar-refractivity contribution is 5.93. The van der Waals surface area contributed by atoms with Gasteiger partial charge in [0.05, 0.1) is 5.92 Å². The Labute approximate surface area is 134 Å². The number of amides is 1. The molecule has 3 atom stereocenters. The number of carbonyl (C=O) groups excluding carboxylic acids is 1. The highest BCUT2D eigenvalue weighted by Crippen LogP contribution is 2.42. The second-order valence-electron chi connectivity index (χ2n) is 7.10. The lowest BCUT2D eigenvalue weighted by molar-refractivity contribution is -0.142. The molecule has 0 aromatic carbocycles. The molecule has 6 nitrogen and oxygen atoms in total. The van der Waals surface area contributed by atoms with Gasteiger partial charge in [0.15, 0.2) is 11.6 Å². The van der Waals surface area contributed by atoms with E-state index in [2.05, 4.69) is 4.98 Å². The molecule has 0 unspecified atom stereocenters. The number of carboxylic acid groups (broad SMARTS) is 1. The molecule has 2 bridgehead atoms. The fourth-order valence-electron chi connectivity index (χ4n) is 4.63. The average Bonchev–Trinajstić information content (AvgIpc) is 3.29. The maximum Gasteiger partial charge on any atom is 0.308 e. The van der Waals surface area contributed by atoms with Crippen molar-refractivity contribution in [2.45, 2.75) is 69.4 Å². The Balaban J connectivity index is 1.51. The van der Waals surface area contributed by atoms with Crippen LogP contribution >= 0.6 is 0 Å². The standard InChI is InChI=1S/C17H22N2O4/c20-16(19-11-6-7-14(19)12(8-11)17(21)22)13-9-23-15(18-13)10-4-2-1-3-5-10/h9-12,14H,1-8H2,(H,21,22)/t11-,12-,14+/m1/s1. The molecular formula is C17H22N2O4. The number of hydrogen-bond donors (Lipinski definition) is 1. The van der Waals surface area contributed by atoms with Gasteiger partial charge < -0.3 is 14.4 Å². The lowest BCUT2D eigenvalue weighted by atomic mass is 9.89. The Morgan fingerprint density at radius 1 is 1.17 bits per heavy atom. The van der Waals surface area contributed by atoms with E-state index in [9.17, 15) is 14.7 Å². The summed E-state index contributed by atoms with van der Waals surface area (Å²) in [6, 6.07) is -0.136. The molecule has 1 N–H and O–H groups in total. The van der Waals surface area contributed by atoms with Crippen LogP contribution in [0.2, 0.25) is 0 Å². The van der Waals surface area contributed by atoms with Crippen molar-refractivity contribution in [1.29, 1.82) is 0 Å². The summed E-state index contributed by atoms with van der Waals surface area (Å²) in [5, 5.41) is 9.31. The fraction of sp³-hybridized carbons (Fsp3) is 0.706. The minimum atomic E-state index is -0.793. The molecule has 2 saturated heterocycles. The molecular weight excluding hydrogens is 296 g/mol. The van der Waals surface area contributed by atoms with Crippen LogP contribution < -0.4 is 0 Å². The molecule has 0 radical (unpaired) electrons. The van der Waals surface area contributed by atoms with Crippen LogP contribution in [0.5, 0.6) is 0 Å². The molecule has 1 aromatic rings. The summed E-state index contributed by atoms with van der Waals surface area (Å²) < 4.78 is 5.58. The van der Waals surface area contributed by atoms with Crippen LogP contribution in [0.15, 0.2) is 10.7 Å². The van der Waals surface area contributed by atoms with Crippen molar-refractivity contribution in [2.24, 2.45) is 5.92 Å². The van der Waals surface area contributed by atoms with Crippen molar-refractivity contribution < 1.29 is 19.1 Å². The number of oxazole rings is 1. The molecule has 23 heavy (non-hydrogen) atoms. The van der Waals surface area contributed by atoms with Gasteiger partial charge in [-0.2, -0.15) is 0 Å². The average molecular weight is 318 g/mol. The van der Waals surface area contributed by atoms with Crippen LogP contribution in [0, 0.1) is 5.92 Å². The normalized spacial score (nSPS) is 30.8. The zero-order chi connectivity index (χ0) is 16.0. The summed E-state index contributed by atoms with van der Waals surface area (Å²) in [4.78, 5) is 30.3. The SMILES string of the molecule is O=C(O)[C@@H]1C[C@H]2CC[C@@H]1N2C(=O)c1coc(C2CCCCC2)n1. The van der Waals surface area contributed by atoms with E-state index < -0.39 is 11.9 Å². The summed E-state index contributed by atoms with van der Waals surface area (Å²) >= 11 is 0. The molecule has 3 heterocycles. The van der Waals surface area contributed by atoms with Crippen LogP contribution in [-0.2, 0) is 4.79 Å². The Bertz CT molecular complexity index is 620. The smallest absolute Gasteiger partial charge is 0.308 e. The van der Waals surface area contributed by atoms with Gasteiger partial charge in [-0.3, -0.25) is 9.59 Å². The molecule has 1 aliphatic carbocycles. The predicted molar refractivity (Wildman–Crippen MR) is 81.1 cm³/mol. The van der Waals surface area contributed by atoms with Gasteiger partial charge in [-0.15, -0.1) is 0 Å². The van der Waals surface area contributed by atoms with Gasteiger partial charge in [0.2, 0.25) is 0 Å². The fourth-order valence-corrected chi connectivity index (χ4v) is 4.63. The molecule has 1 amide bonds. The number of hydrogen-bond acceptors (Lipinski definition) is 4. The first-order valence-electron chi connectivity index (χ1n) is 8.66. The minimum absolute atomic E-state index is 0.0448. The number of fused-ring (bicyclic) bond motifs is 2. The van der Waals surface area contributed by atoms with E-state index in [1.807, 2.05) is 0 Å². The minimum Gasteiger partial charge on any atom is -0.481 e. The number of carbonyl (C=O) groups is 2. The van der Waals surface area contributed by atoms with E-state index in [1.165, 1.54) is 25.5 Å². The zero-order valence-electron chi connectivity index (χ0n) is 13.1. The molecule has 4 rings (SSSR count). The van der Waals surface area contributed by atoms with Crippen molar-refractivity contribution in [3.05, 3.63) is 17.8 Å². The van der Waals surface area contributed by atoms with Crippen molar-refractivity contribution in [3.63, 3.8) is 0 Å². The second kappa shape index (κ2) is 5.65. The van der Waals surface area contributed by atoms with Crippen LogP contribution in [0.25, 0.3) is 0 Å². The molecule has 6 heteroatoms. The monoisotopic (exact) mass is 318 g/mol. The van der Waals surface area contributed by atoms with Crippen LogP contribution in [0.4, 0.5) is 0 Å². The van der Waals surface area contributed by atoms with E-state index in [1.54, 1.807) is 4.90 Å². The first-order chi connectivity index (χ1) is 11.1. The number of nitrogens with zero attached hydrogens (tertiary/aromatic N) is 2. The van der Waals surface area contributed by atoms with Crippen LogP contribution in [0.1, 0.15) is 73.7 Å². The molecule has 1 aromatic heterocycles. The van der Waals surface area contributed by atoms with E-state index in [4.69, 9.17) is 4.42 Å². The maximum atomic E-state index is 12.8. The first-order valence-corrected chi connectivity index (χ1v) is 8.66. The van der Waals surface area contributed by atoms with Gasteiger partial charge in [0.1, 0.15) is 6.26 Å². The number of aliphatic carboxylic acids is 1. The highest BCUT2D eigenvalue weighted by atomic mass is 16.4. The van der Waals surface area contributed by atoms with Crippen molar-refractivity contribution in [3.8, 4) is 0 Å². The maximum absolute atomic E-state index is 12.8. The van der Waals surface area contributed by atoms with Gasteiger partial charge >= 0.3 is 5.97 Å². The predicted octanol–water partition coefficient (Wildman–Crippen LogP) is 2.80. The number of carboxylic acids is 1. The number of rotatable bonds is 3. The van der Waals surface area contributed by atoms with E-state index >= 15 is 0 Å². The van der Waals surface area contributed by atoms with Crippen LogP contribution in [-0.4, -0.2) is 39.0 Å². The van der Waals surface area contributed by atoms with Crippen molar-refractivity contribution in [1.82, 2.24) is 9.88 Å². The quantitative estimate of drug-likeness (QED) is 0.926. The highest BCUT2D eigenvalue weighted by Gasteiger charge is 2.51. The number of aromatic nitrogens is 1. The third-order valence-electron chi connectivity index (χ3n) is 5.78. The summed E-state index contributed by atoms with van der Waals surface area (Å²) in [5.41, 5.74) is 0.341. The molecule has 3 aliphatic rings. The largest absolute Gasteiger partial charge is 0.481 e. The zero-order valence-corrected chi connectivity index (χ0v) is 13.1. The summed E-state index contributed by atoms with van der Waals surface area (Å²) in [6.07, 6.45) is 9.48. The molecule has 3 fully saturated rings. The second-order valence-corrected chi connectivity index (χ2v) is 7.10. The third kappa shape index (κ3) is 2.44. The van der Waals surface area contributed by atoms with Gasteiger partial charge in [-0.05, 0) is 32.1 Å². The third-order valence-corrected chi connectivity index (χ3v) is 5.78. The Hall–Kier alpha value is -1.85. The topological polar surface area (TPSA) is 83.6 Å².